The molecule has 0 aliphatic rings. The van der Waals surface area contributed by atoms with Gasteiger partial charge in [-0.1, -0.05) is 26.3 Å². The van der Waals surface area contributed by atoms with Gasteiger partial charge in [-0.15, -0.1) is 0 Å². The van der Waals surface area contributed by atoms with Crippen molar-refractivity contribution in [3.8, 4) is 5.75 Å². The summed E-state index contributed by atoms with van der Waals surface area (Å²) in [6, 6.07) is 5.08. The number of ether oxygens (including phenoxy) is 1. The lowest BCUT2D eigenvalue weighted by Crippen LogP contribution is -2.24. The summed E-state index contributed by atoms with van der Waals surface area (Å²) < 4.78 is 5.49. The van der Waals surface area contributed by atoms with E-state index in [-0.39, 0.29) is 5.91 Å². The van der Waals surface area contributed by atoms with E-state index in [1.54, 1.807) is 18.2 Å². The second-order valence-electron chi connectivity index (χ2n) is 4.96. The molecule has 1 aromatic carbocycles. The van der Waals surface area contributed by atoms with Gasteiger partial charge in [-0.3, -0.25) is 4.79 Å². The fraction of sp³-hybridized carbons (Fsp3) is 0.438. The SMILES string of the molecule is C=C(C)COc1ccc(C(=O)NCCCCC)cc1N. The molecule has 0 aliphatic carbocycles. The Morgan fingerprint density at radius 1 is 1.40 bits per heavy atom. The topological polar surface area (TPSA) is 64.3 Å². The lowest BCUT2D eigenvalue weighted by atomic mass is 10.1. The molecule has 0 bridgehead atoms. The Bertz CT molecular complexity index is 470. The van der Waals surface area contributed by atoms with Crippen LogP contribution in [0, 0.1) is 0 Å². The summed E-state index contributed by atoms with van der Waals surface area (Å²) in [4.78, 5) is 11.9. The van der Waals surface area contributed by atoms with Crippen molar-refractivity contribution in [1.29, 1.82) is 0 Å². The van der Waals surface area contributed by atoms with Crippen molar-refractivity contribution in [2.24, 2.45) is 0 Å². The van der Waals surface area contributed by atoms with Gasteiger partial charge in [-0.2, -0.15) is 0 Å². The monoisotopic (exact) mass is 276 g/mol. The Hall–Kier alpha value is -1.97. The number of carbonyl (C=O) groups excluding carboxylic acids is 1. The molecule has 0 heterocycles. The Morgan fingerprint density at radius 3 is 2.75 bits per heavy atom. The van der Waals surface area contributed by atoms with Gasteiger partial charge in [0.2, 0.25) is 0 Å². The lowest BCUT2D eigenvalue weighted by molar-refractivity contribution is 0.0953. The molecule has 0 aliphatic heterocycles. The van der Waals surface area contributed by atoms with Gasteiger partial charge in [0.05, 0.1) is 5.69 Å². The summed E-state index contributed by atoms with van der Waals surface area (Å²) in [5.74, 6) is 0.481. The first kappa shape index (κ1) is 16.1. The molecular weight excluding hydrogens is 252 g/mol. The Labute approximate surface area is 121 Å². The molecule has 0 fully saturated rings. The van der Waals surface area contributed by atoms with E-state index < -0.39 is 0 Å². The molecule has 0 unspecified atom stereocenters. The zero-order valence-electron chi connectivity index (χ0n) is 12.4. The number of benzene rings is 1. The van der Waals surface area contributed by atoms with Crippen LogP contribution in [0.2, 0.25) is 0 Å². The molecule has 0 atom stereocenters. The maximum atomic E-state index is 11.9. The highest BCUT2D eigenvalue weighted by Gasteiger charge is 2.08. The van der Waals surface area contributed by atoms with Crippen molar-refractivity contribution in [2.75, 3.05) is 18.9 Å². The number of hydrogen-bond acceptors (Lipinski definition) is 3. The number of rotatable bonds is 8. The van der Waals surface area contributed by atoms with Gasteiger partial charge in [0.15, 0.2) is 0 Å². The van der Waals surface area contributed by atoms with Crippen LogP contribution in [0.25, 0.3) is 0 Å². The predicted octanol–water partition coefficient (Wildman–Crippen LogP) is 3.14. The van der Waals surface area contributed by atoms with Crippen LogP contribution in [-0.4, -0.2) is 19.1 Å². The zero-order valence-corrected chi connectivity index (χ0v) is 12.4. The van der Waals surface area contributed by atoms with Gasteiger partial charge in [0.25, 0.3) is 5.91 Å². The minimum absolute atomic E-state index is 0.0979. The van der Waals surface area contributed by atoms with Gasteiger partial charge in [0, 0.05) is 12.1 Å². The summed E-state index contributed by atoms with van der Waals surface area (Å²) in [5.41, 5.74) is 7.83. The van der Waals surface area contributed by atoms with Crippen LogP contribution in [0.1, 0.15) is 43.5 Å². The highest BCUT2D eigenvalue weighted by Crippen LogP contribution is 2.22. The van der Waals surface area contributed by atoms with E-state index in [0.29, 0.717) is 30.2 Å². The van der Waals surface area contributed by atoms with E-state index in [9.17, 15) is 4.79 Å². The van der Waals surface area contributed by atoms with Crippen molar-refractivity contribution in [1.82, 2.24) is 5.32 Å². The van der Waals surface area contributed by atoms with E-state index in [4.69, 9.17) is 10.5 Å². The fourth-order valence-electron chi connectivity index (χ4n) is 1.70. The van der Waals surface area contributed by atoms with Gasteiger partial charge in [-0.25, -0.2) is 0 Å². The molecule has 0 aromatic heterocycles. The van der Waals surface area contributed by atoms with E-state index in [0.717, 1.165) is 24.8 Å². The first-order valence-electron chi connectivity index (χ1n) is 6.99. The quantitative estimate of drug-likeness (QED) is 0.435. The molecule has 1 rings (SSSR count). The Morgan fingerprint density at radius 2 is 2.15 bits per heavy atom. The summed E-state index contributed by atoms with van der Waals surface area (Å²) >= 11 is 0. The van der Waals surface area contributed by atoms with Gasteiger partial charge in [0.1, 0.15) is 12.4 Å². The number of amides is 1. The minimum atomic E-state index is -0.0979. The number of unbranched alkanes of at least 4 members (excludes halogenated alkanes) is 2. The first-order chi connectivity index (χ1) is 9.54. The second kappa shape index (κ2) is 8.25. The standard InChI is InChI=1S/C16H24N2O2/c1-4-5-6-9-18-16(19)13-7-8-15(14(17)10-13)20-11-12(2)3/h7-8,10H,2,4-6,9,11,17H2,1,3H3,(H,18,19). The van der Waals surface area contributed by atoms with Gasteiger partial charge in [-0.05, 0) is 37.1 Å². The van der Waals surface area contributed by atoms with Crippen LogP contribution in [0.4, 0.5) is 5.69 Å². The number of carbonyl (C=O) groups is 1. The number of nitrogens with two attached hydrogens (primary N) is 1. The van der Waals surface area contributed by atoms with Crippen LogP contribution >= 0.6 is 0 Å². The highest BCUT2D eigenvalue weighted by atomic mass is 16.5. The van der Waals surface area contributed by atoms with Crippen LogP contribution in [-0.2, 0) is 0 Å². The summed E-state index contributed by atoms with van der Waals surface area (Å²) in [7, 11) is 0. The molecule has 0 radical (unpaired) electrons. The molecule has 1 aromatic rings. The molecule has 0 saturated heterocycles. The van der Waals surface area contributed by atoms with Crippen LogP contribution in [0.3, 0.4) is 0 Å². The second-order valence-corrected chi connectivity index (χ2v) is 4.96. The van der Waals surface area contributed by atoms with E-state index in [1.165, 1.54) is 0 Å². The Balaban J connectivity index is 2.57. The van der Waals surface area contributed by atoms with Crippen LogP contribution in [0.5, 0.6) is 5.75 Å². The lowest BCUT2D eigenvalue weighted by Gasteiger charge is -2.10. The molecule has 0 saturated carbocycles. The number of hydrogen-bond donors (Lipinski definition) is 2. The smallest absolute Gasteiger partial charge is 0.251 e. The molecule has 1 amide bonds. The van der Waals surface area contributed by atoms with Crippen molar-refractivity contribution >= 4 is 11.6 Å². The van der Waals surface area contributed by atoms with E-state index in [2.05, 4.69) is 18.8 Å². The first-order valence-corrected chi connectivity index (χ1v) is 6.99. The largest absolute Gasteiger partial charge is 0.487 e. The summed E-state index contributed by atoms with van der Waals surface area (Å²) in [5, 5.41) is 2.88. The van der Waals surface area contributed by atoms with Crippen molar-refractivity contribution in [3.05, 3.63) is 35.9 Å². The minimum Gasteiger partial charge on any atom is -0.487 e. The van der Waals surface area contributed by atoms with Crippen LogP contribution in [0.15, 0.2) is 30.4 Å². The Kier molecular flexibility index (Phi) is 6.64. The molecular formula is C16H24N2O2. The number of anilines is 1. The molecule has 20 heavy (non-hydrogen) atoms. The summed E-state index contributed by atoms with van der Waals surface area (Å²) in [6.07, 6.45) is 3.26. The maximum Gasteiger partial charge on any atom is 0.251 e. The third kappa shape index (κ3) is 5.34. The normalized spacial score (nSPS) is 10.1. The molecule has 3 N–H and O–H groups in total. The third-order valence-corrected chi connectivity index (χ3v) is 2.81. The van der Waals surface area contributed by atoms with Gasteiger partial charge < -0.3 is 15.8 Å². The van der Waals surface area contributed by atoms with Gasteiger partial charge >= 0.3 is 0 Å². The highest BCUT2D eigenvalue weighted by molar-refractivity contribution is 5.95. The predicted molar refractivity (Wildman–Crippen MR) is 83.0 cm³/mol. The van der Waals surface area contributed by atoms with E-state index >= 15 is 0 Å². The maximum absolute atomic E-state index is 11.9. The van der Waals surface area contributed by atoms with E-state index in [1.807, 2.05) is 6.92 Å². The molecule has 4 nitrogen and oxygen atoms in total. The van der Waals surface area contributed by atoms with Crippen molar-refractivity contribution in [3.63, 3.8) is 0 Å². The summed E-state index contributed by atoms with van der Waals surface area (Å²) in [6.45, 7) is 8.90. The zero-order chi connectivity index (χ0) is 15.0. The average molecular weight is 276 g/mol. The number of nitrogen functional groups attached to an aromatic ring is 1. The fourth-order valence-corrected chi connectivity index (χ4v) is 1.70. The average Bonchev–Trinajstić information content (AvgIpc) is 2.41. The third-order valence-electron chi connectivity index (χ3n) is 2.81. The van der Waals surface area contributed by atoms with Crippen LogP contribution < -0.4 is 15.8 Å². The number of nitrogens with one attached hydrogen (secondary N) is 1. The molecule has 0 spiro atoms. The van der Waals surface area contributed by atoms with Crippen molar-refractivity contribution in [2.45, 2.75) is 33.1 Å². The molecule has 4 heteroatoms. The molecule has 110 valence electrons. The van der Waals surface area contributed by atoms with Crippen molar-refractivity contribution < 1.29 is 9.53 Å².